The Kier molecular flexibility index (Phi) is 5.79. The molecule has 0 radical (unpaired) electrons. The van der Waals surface area contributed by atoms with Crippen LogP contribution in [0.3, 0.4) is 0 Å². The van der Waals surface area contributed by atoms with E-state index in [0.29, 0.717) is 19.1 Å². The second-order valence-corrected chi connectivity index (χ2v) is 8.33. The van der Waals surface area contributed by atoms with E-state index >= 15 is 0 Å². The SMILES string of the molecule is COc1ccc2c(c1)c(C(=O)NCCNC(=O)C1CC1)c(C)n2C1CCCCC1. The lowest BCUT2D eigenvalue weighted by Crippen LogP contribution is -2.35. The summed E-state index contributed by atoms with van der Waals surface area (Å²) >= 11 is 0. The van der Waals surface area contributed by atoms with E-state index in [0.717, 1.165) is 53.6 Å². The quantitative estimate of drug-likeness (QED) is 0.700. The van der Waals surface area contributed by atoms with E-state index in [1.807, 2.05) is 19.1 Å². The highest BCUT2D eigenvalue weighted by Gasteiger charge is 2.29. The van der Waals surface area contributed by atoms with Gasteiger partial charge in [-0.25, -0.2) is 0 Å². The van der Waals surface area contributed by atoms with Crippen molar-refractivity contribution in [3.63, 3.8) is 0 Å². The average Bonchev–Trinajstić information content (AvgIpc) is 3.54. The number of amides is 2. The fraction of sp³-hybridized carbons (Fsp3) is 0.565. The fourth-order valence-electron chi connectivity index (χ4n) is 4.58. The zero-order valence-electron chi connectivity index (χ0n) is 17.4. The lowest BCUT2D eigenvalue weighted by Gasteiger charge is -2.26. The van der Waals surface area contributed by atoms with Crippen LogP contribution < -0.4 is 15.4 Å². The number of carbonyl (C=O) groups is 2. The van der Waals surface area contributed by atoms with Crippen LogP contribution in [0.15, 0.2) is 18.2 Å². The number of fused-ring (bicyclic) bond motifs is 1. The monoisotopic (exact) mass is 397 g/mol. The summed E-state index contributed by atoms with van der Waals surface area (Å²) < 4.78 is 7.78. The van der Waals surface area contributed by atoms with Gasteiger partial charge in [0, 0.05) is 41.6 Å². The van der Waals surface area contributed by atoms with Crippen molar-refractivity contribution in [3.05, 3.63) is 29.5 Å². The van der Waals surface area contributed by atoms with E-state index in [2.05, 4.69) is 21.3 Å². The highest BCUT2D eigenvalue weighted by atomic mass is 16.5. The number of hydrogen-bond donors (Lipinski definition) is 2. The Hall–Kier alpha value is -2.50. The van der Waals surface area contributed by atoms with Gasteiger partial charge in [-0.3, -0.25) is 9.59 Å². The number of methoxy groups -OCH3 is 1. The van der Waals surface area contributed by atoms with Gasteiger partial charge in [-0.05, 0) is 50.8 Å². The van der Waals surface area contributed by atoms with Crippen LogP contribution in [0.2, 0.25) is 0 Å². The van der Waals surface area contributed by atoms with Crippen molar-refractivity contribution in [3.8, 4) is 5.75 Å². The van der Waals surface area contributed by atoms with Gasteiger partial charge >= 0.3 is 0 Å². The first-order valence-corrected chi connectivity index (χ1v) is 10.8. The maximum atomic E-state index is 13.1. The molecule has 0 unspecified atom stereocenters. The van der Waals surface area contributed by atoms with Crippen molar-refractivity contribution in [2.75, 3.05) is 20.2 Å². The lowest BCUT2D eigenvalue weighted by atomic mass is 9.95. The number of nitrogens with one attached hydrogen (secondary N) is 2. The summed E-state index contributed by atoms with van der Waals surface area (Å²) in [7, 11) is 1.65. The molecule has 2 saturated carbocycles. The van der Waals surface area contributed by atoms with Gasteiger partial charge in [-0.2, -0.15) is 0 Å². The average molecular weight is 398 g/mol. The van der Waals surface area contributed by atoms with Crippen molar-refractivity contribution in [2.24, 2.45) is 5.92 Å². The summed E-state index contributed by atoms with van der Waals surface area (Å²) in [5.74, 6) is 0.961. The second kappa shape index (κ2) is 8.47. The molecule has 2 aromatic rings. The molecule has 2 N–H and O–H groups in total. The maximum absolute atomic E-state index is 13.1. The van der Waals surface area contributed by atoms with Crippen LogP contribution >= 0.6 is 0 Å². The molecule has 2 aliphatic rings. The summed E-state index contributed by atoms with van der Waals surface area (Å²) in [5, 5.41) is 6.83. The topological polar surface area (TPSA) is 72.4 Å². The van der Waals surface area contributed by atoms with E-state index in [-0.39, 0.29) is 17.7 Å². The molecule has 1 aromatic heterocycles. The van der Waals surface area contributed by atoms with Crippen LogP contribution in [0, 0.1) is 12.8 Å². The van der Waals surface area contributed by atoms with Crippen LogP contribution in [-0.4, -0.2) is 36.6 Å². The van der Waals surface area contributed by atoms with Crippen LogP contribution in [0.25, 0.3) is 10.9 Å². The van der Waals surface area contributed by atoms with Crippen molar-refractivity contribution in [1.82, 2.24) is 15.2 Å². The Morgan fingerprint density at radius 1 is 1.07 bits per heavy atom. The van der Waals surface area contributed by atoms with Gasteiger partial charge in [0.2, 0.25) is 5.91 Å². The third kappa shape index (κ3) is 4.11. The summed E-state index contributed by atoms with van der Waals surface area (Å²) in [5.41, 5.74) is 2.83. The number of ether oxygens (including phenoxy) is 1. The Morgan fingerprint density at radius 2 is 1.79 bits per heavy atom. The first-order chi connectivity index (χ1) is 14.1. The molecule has 1 aromatic carbocycles. The predicted molar refractivity (Wildman–Crippen MR) is 113 cm³/mol. The minimum absolute atomic E-state index is 0.0871. The summed E-state index contributed by atoms with van der Waals surface area (Å²) in [6, 6.07) is 6.45. The van der Waals surface area contributed by atoms with Crippen molar-refractivity contribution < 1.29 is 14.3 Å². The molecule has 29 heavy (non-hydrogen) atoms. The minimum Gasteiger partial charge on any atom is -0.497 e. The molecule has 0 aliphatic heterocycles. The molecule has 0 bridgehead atoms. The van der Waals surface area contributed by atoms with E-state index in [1.165, 1.54) is 19.3 Å². The van der Waals surface area contributed by atoms with E-state index < -0.39 is 0 Å². The van der Waals surface area contributed by atoms with E-state index in [4.69, 9.17) is 4.74 Å². The molecular formula is C23H31N3O3. The Bertz CT molecular complexity index is 908. The van der Waals surface area contributed by atoms with Gasteiger partial charge in [0.15, 0.2) is 0 Å². The van der Waals surface area contributed by atoms with Gasteiger partial charge in [-0.1, -0.05) is 19.3 Å². The molecule has 6 heteroatoms. The number of carbonyl (C=O) groups excluding carboxylic acids is 2. The first kappa shape index (κ1) is 19.8. The summed E-state index contributed by atoms with van der Waals surface area (Å²) in [4.78, 5) is 24.8. The smallest absolute Gasteiger partial charge is 0.253 e. The lowest BCUT2D eigenvalue weighted by molar-refractivity contribution is -0.122. The van der Waals surface area contributed by atoms with E-state index in [9.17, 15) is 9.59 Å². The molecule has 0 spiro atoms. The number of aromatic nitrogens is 1. The fourth-order valence-corrected chi connectivity index (χ4v) is 4.58. The van der Waals surface area contributed by atoms with Crippen molar-refractivity contribution in [1.29, 1.82) is 0 Å². The minimum atomic E-state index is -0.0871. The Morgan fingerprint density at radius 3 is 2.48 bits per heavy atom. The van der Waals surface area contributed by atoms with Gasteiger partial charge < -0.3 is 19.9 Å². The number of nitrogens with zero attached hydrogens (tertiary/aromatic N) is 1. The molecule has 2 fully saturated rings. The molecule has 0 atom stereocenters. The van der Waals surface area contributed by atoms with Crippen LogP contribution in [0.4, 0.5) is 0 Å². The molecule has 1 heterocycles. The van der Waals surface area contributed by atoms with Crippen molar-refractivity contribution >= 4 is 22.7 Å². The highest BCUT2D eigenvalue weighted by Crippen LogP contribution is 2.37. The molecule has 2 aliphatic carbocycles. The van der Waals surface area contributed by atoms with E-state index in [1.54, 1.807) is 7.11 Å². The number of hydrogen-bond acceptors (Lipinski definition) is 3. The van der Waals surface area contributed by atoms with Crippen LogP contribution in [-0.2, 0) is 4.79 Å². The van der Waals surface area contributed by atoms with Gasteiger partial charge in [0.25, 0.3) is 5.91 Å². The van der Waals surface area contributed by atoms with Crippen molar-refractivity contribution in [2.45, 2.75) is 57.9 Å². The molecular weight excluding hydrogens is 366 g/mol. The standard InChI is InChI=1S/C23H31N3O3/c1-15-21(23(28)25-13-12-24-22(27)16-8-9-16)19-14-18(29-2)10-11-20(19)26(15)17-6-4-3-5-7-17/h10-11,14,16-17H,3-9,12-13H2,1-2H3,(H,24,27)(H,25,28). The van der Waals surface area contributed by atoms with Gasteiger partial charge in [0.1, 0.15) is 5.75 Å². The molecule has 2 amide bonds. The molecule has 156 valence electrons. The maximum Gasteiger partial charge on any atom is 0.253 e. The summed E-state index contributed by atoms with van der Waals surface area (Å²) in [6.45, 7) is 2.94. The normalized spacial score (nSPS) is 17.3. The second-order valence-electron chi connectivity index (χ2n) is 8.33. The van der Waals surface area contributed by atoms with Crippen LogP contribution in [0.5, 0.6) is 5.75 Å². The Balaban J connectivity index is 1.56. The van der Waals surface area contributed by atoms with Gasteiger partial charge in [-0.15, -0.1) is 0 Å². The largest absolute Gasteiger partial charge is 0.497 e. The zero-order valence-corrected chi connectivity index (χ0v) is 17.4. The molecule has 0 saturated heterocycles. The van der Waals surface area contributed by atoms with Crippen LogP contribution in [0.1, 0.15) is 67.0 Å². The zero-order chi connectivity index (χ0) is 20.4. The third-order valence-electron chi connectivity index (χ3n) is 6.28. The summed E-state index contributed by atoms with van der Waals surface area (Å²) in [6.07, 6.45) is 8.06. The molecule has 4 rings (SSSR count). The first-order valence-electron chi connectivity index (χ1n) is 10.8. The number of benzene rings is 1. The van der Waals surface area contributed by atoms with Gasteiger partial charge in [0.05, 0.1) is 12.7 Å². The third-order valence-corrected chi connectivity index (χ3v) is 6.28. The Labute approximate surface area is 172 Å². The molecule has 6 nitrogen and oxygen atoms in total. The number of rotatable bonds is 7. The predicted octanol–water partition coefficient (Wildman–Crippen LogP) is 3.72. The highest BCUT2D eigenvalue weighted by molar-refractivity contribution is 6.08.